The van der Waals surface area contributed by atoms with Crippen molar-refractivity contribution in [3.8, 4) is 17.1 Å². The van der Waals surface area contributed by atoms with Gasteiger partial charge in [0.1, 0.15) is 11.5 Å². The maximum Gasteiger partial charge on any atom is 0.237 e. The topological polar surface area (TPSA) is 73.4 Å². The summed E-state index contributed by atoms with van der Waals surface area (Å²) in [6.07, 6.45) is 3.63. The Kier molecular flexibility index (Phi) is 6.17. The Labute approximate surface area is 196 Å². The van der Waals surface area contributed by atoms with E-state index in [4.69, 9.17) is 9.15 Å². The van der Waals surface area contributed by atoms with Gasteiger partial charge in [-0.1, -0.05) is 42.1 Å². The molecule has 8 heteroatoms. The minimum Gasteiger partial charge on any atom is -0.497 e. The molecule has 1 amide bonds. The summed E-state index contributed by atoms with van der Waals surface area (Å²) in [6.45, 7) is 1.21. The highest BCUT2D eigenvalue weighted by Gasteiger charge is 2.24. The average Bonchev–Trinajstić information content (AvgIpc) is 3.52. The fourth-order valence-corrected chi connectivity index (χ4v) is 4.88. The van der Waals surface area contributed by atoms with Gasteiger partial charge in [-0.25, -0.2) is 0 Å². The molecule has 0 bridgehead atoms. The van der Waals surface area contributed by atoms with Crippen LogP contribution in [-0.2, 0) is 17.8 Å². The summed E-state index contributed by atoms with van der Waals surface area (Å²) in [4.78, 5) is 15.0. The number of benzene rings is 2. The first-order valence-electron chi connectivity index (χ1n) is 10.8. The first-order chi connectivity index (χ1) is 16.2. The molecule has 0 atom stereocenters. The van der Waals surface area contributed by atoms with Crippen molar-refractivity contribution in [1.82, 2.24) is 14.8 Å². The van der Waals surface area contributed by atoms with Gasteiger partial charge in [0.05, 0.1) is 25.7 Å². The van der Waals surface area contributed by atoms with Crippen molar-refractivity contribution in [1.29, 1.82) is 0 Å². The molecule has 0 unspecified atom stereocenters. The van der Waals surface area contributed by atoms with Gasteiger partial charge in [0, 0.05) is 17.8 Å². The summed E-state index contributed by atoms with van der Waals surface area (Å²) in [7, 11) is 1.64. The van der Waals surface area contributed by atoms with Gasteiger partial charge in [0.25, 0.3) is 0 Å². The van der Waals surface area contributed by atoms with Gasteiger partial charge in [-0.15, -0.1) is 10.2 Å². The van der Waals surface area contributed by atoms with Crippen LogP contribution in [0.4, 0.5) is 5.69 Å². The molecule has 0 saturated heterocycles. The number of aryl methyl sites for hydroxylation is 1. The van der Waals surface area contributed by atoms with E-state index in [1.54, 1.807) is 13.4 Å². The van der Waals surface area contributed by atoms with Crippen LogP contribution in [0.15, 0.2) is 76.5 Å². The summed E-state index contributed by atoms with van der Waals surface area (Å²) in [6, 6.07) is 19.6. The third-order valence-corrected chi connectivity index (χ3v) is 6.63. The molecular formula is C25H24N4O3S. The third-order valence-electron chi connectivity index (χ3n) is 5.67. The third kappa shape index (κ3) is 4.52. The van der Waals surface area contributed by atoms with E-state index in [0.29, 0.717) is 17.5 Å². The molecule has 3 heterocycles. The fourth-order valence-electron chi connectivity index (χ4n) is 4.07. The molecule has 7 nitrogen and oxygen atoms in total. The first-order valence-corrected chi connectivity index (χ1v) is 11.8. The summed E-state index contributed by atoms with van der Waals surface area (Å²) in [5, 5.41) is 9.52. The number of aromatic nitrogens is 3. The number of carbonyl (C=O) groups is 1. The van der Waals surface area contributed by atoms with Crippen LogP contribution in [0.2, 0.25) is 0 Å². The Morgan fingerprint density at radius 1 is 1.12 bits per heavy atom. The number of fused-ring (bicyclic) bond motifs is 1. The number of carbonyl (C=O) groups excluding carboxylic acids is 1. The first kappa shape index (κ1) is 21.3. The van der Waals surface area contributed by atoms with E-state index in [1.807, 2.05) is 64.1 Å². The highest BCUT2D eigenvalue weighted by Crippen LogP contribution is 2.30. The van der Waals surface area contributed by atoms with Crippen molar-refractivity contribution >= 4 is 23.4 Å². The number of rotatable bonds is 7. The molecule has 0 N–H and O–H groups in total. The van der Waals surface area contributed by atoms with Gasteiger partial charge >= 0.3 is 0 Å². The second-order valence-electron chi connectivity index (χ2n) is 7.77. The van der Waals surface area contributed by atoms with E-state index in [1.165, 1.54) is 17.3 Å². The average molecular weight is 461 g/mol. The molecule has 0 radical (unpaired) electrons. The van der Waals surface area contributed by atoms with Crippen LogP contribution in [0.3, 0.4) is 0 Å². The number of hydrogen-bond acceptors (Lipinski definition) is 6. The monoisotopic (exact) mass is 460 g/mol. The lowest BCUT2D eigenvalue weighted by Crippen LogP contribution is -2.36. The van der Waals surface area contributed by atoms with Gasteiger partial charge in [0.15, 0.2) is 11.0 Å². The summed E-state index contributed by atoms with van der Waals surface area (Å²) in [5.41, 5.74) is 3.13. The normalized spacial score (nSPS) is 13.1. The van der Waals surface area contributed by atoms with Crippen molar-refractivity contribution in [2.75, 3.05) is 24.3 Å². The molecule has 0 saturated carbocycles. The number of anilines is 1. The maximum atomic E-state index is 13.1. The van der Waals surface area contributed by atoms with E-state index in [0.717, 1.165) is 42.1 Å². The standard InChI is InChI=1S/C25H24N4O3S/c1-31-20-10-4-8-19(15-20)24-26-27-25(29(24)16-21-11-6-14-32-21)33-17-23(30)28-13-5-9-18-7-2-3-12-22(18)28/h2-4,6-8,10-12,14-15H,5,9,13,16-17H2,1H3. The van der Waals surface area contributed by atoms with E-state index >= 15 is 0 Å². The molecule has 0 fully saturated rings. The minimum atomic E-state index is 0.0719. The summed E-state index contributed by atoms with van der Waals surface area (Å²) >= 11 is 1.40. The zero-order valence-electron chi connectivity index (χ0n) is 18.3. The number of thioether (sulfide) groups is 1. The van der Waals surface area contributed by atoms with Gasteiger partial charge < -0.3 is 14.1 Å². The van der Waals surface area contributed by atoms with Crippen molar-refractivity contribution in [2.24, 2.45) is 0 Å². The smallest absolute Gasteiger partial charge is 0.237 e. The molecule has 0 spiro atoms. The molecule has 4 aromatic rings. The van der Waals surface area contributed by atoms with E-state index < -0.39 is 0 Å². The maximum absolute atomic E-state index is 13.1. The van der Waals surface area contributed by atoms with Gasteiger partial charge in [0.2, 0.25) is 5.91 Å². The van der Waals surface area contributed by atoms with Crippen molar-refractivity contribution in [3.63, 3.8) is 0 Å². The van der Waals surface area contributed by atoms with Gasteiger partial charge in [-0.3, -0.25) is 9.36 Å². The molecule has 1 aliphatic rings. The minimum absolute atomic E-state index is 0.0719. The van der Waals surface area contributed by atoms with E-state index in [2.05, 4.69) is 16.3 Å². The van der Waals surface area contributed by atoms with E-state index in [-0.39, 0.29) is 11.7 Å². The SMILES string of the molecule is COc1cccc(-c2nnc(SCC(=O)N3CCCc4ccccc43)n2Cc2ccco2)c1. The highest BCUT2D eigenvalue weighted by atomic mass is 32.2. The molecular weight excluding hydrogens is 436 g/mol. The molecule has 33 heavy (non-hydrogen) atoms. The molecule has 2 aromatic carbocycles. The Balaban J connectivity index is 1.40. The van der Waals surface area contributed by atoms with Crippen LogP contribution in [-0.4, -0.2) is 40.1 Å². The number of nitrogens with zero attached hydrogens (tertiary/aromatic N) is 4. The Hall–Kier alpha value is -3.52. The number of para-hydroxylation sites is 1. The number of methoxy groups -OCH3 is 1. The Morgan fingerprint density at radius 3 is 2.88 bits per heavy atom. The second kappa shape index (κ2) is 9.54. The predicted octanol–water partition coefficient (Wildman–Crippen LogP) is 4.67. The predicted molar refractivity (Wildman–Crippen MR) is 128 cm³/mol. The lowest BCUT2D eigenvalue weighted by Gasteiger charge is -2.29. The zero-order valence-corrected chi connectivity index (χ0v) is 19.1. The Morgan fingerprint density at radius 2 is 2.03 bits per heavy atom. The molecule has 0 aliphatic carbocycles. The highest BCUT2D eigenvalue weighted by molar-refractivity contribution is 7.99. The summed E-state index contributed by atoms with van der Waals surface area (Å²) in [5.74, 6) is 2.58. The van der Waals surface area contributed by atoms with Crippen LogP contribution in [0.1, 0.15) is 17.7 Å². The van der Waals surface area contributed by atoms with Crippen LogP contribution in [0.5, 0.6) is 5.75 Å². The van der Waals surface area contributed by atoms with Crippen LogP contribution in [0, 0.1) is 0 Å². The second-order valence-corrected chi connectivity index (χ2v) is 8.71. The zero-order chi connectivity index (χ0) is 22.6. The Bertz CT molecular complexity index is 1250. The molecule has 168 valence electrons. The van der Waals surface area contributed by atoms with Crippen molar-refractivity contribution in [3.05, 3.63) is 78.3 Å². The molecule has 5 rings (SSSR count). The lowest BCUT2D eigenvalue weighted by atomic mass is 10.0. The lowest BCUT2D eigenvalue weighted by molar-refractivity contribution is -0.116. The summed E-state index contributed by atoms with van der Waals surface area (Å²) < 4.78 is 12.9. The number of furan rings is 1. The van der Waals surface area contributed by atoms with Crippen molar-refractivity contribution in [2.45, 2.75) is 24.5 Å². The number of hydrogen-bond donors (Lipinski definition) is 0. The number of amides is 1. The largest absolute Gasteiger partial charge is 0.497 e. The van der Waals surface area contributed by atoms with Crippen LogP contribution >= 0.6 is 11.8 Å². The quantitative estimate of drug-likeness (QED) is 0.373. The van der Waals surface area contributed by atoms with E-state index in [9.17, 15) is 4.79 Å². The fraction of sp³-hybridized carbons (Fsp3) is 0.240. The van der Waals surface area contributed by atoms with Gasteiger partial charge in [-0.2, -0.15) is 0 Å². The van der Waals surface area contributed by atoms with Crippen LogP contribution < -0.4 is 9.64 Å². The van der Waals surface area contributed by atoms with Crippen LogP contribution in [0.25, 0.3) is 11.4 Å². The van der Waals surface area contributed by atoms with Gasteiger partial charge in [-0.05, 0) is 48.7 Å². The molecule has 1 aliphatic heterocycles. The molecule has 2 aromatic heterocycles. The van der Waals surface area contributed by atoms with Crippen molar-refractivity contribution < 1.29 is 13.9 Å². The number of ether oxygens (including phenoxy) is 1.